The van der Waals surface area contributed by atoms with E-state index in [1.807, 2.05) is 0 Å². The number of carbonyl (C=O) groups excluding carboxylic acids is 1. The minimum Gasteiger partial charge on any atom is -0.360 e. The van der Waals surface area contributed by atoms with E-state index in [1.54, 1.807) is 0 Å². The van der Waals surface area contributed by atoms with E-state index in [2.05, 4.69) is 9.84 Å². The lowest BCUT2D eigenvalue weighted by molar-refractivity contribution is -0.141. The second-order valence-corrected chi connectivity index (χ2v) is 3.36. The standard InChI is InChI=1S/C9H8F6N2O2/c1-2-19-4-17-5(7(18)9(13,14)15)3-6(16-17)8(10,11)12/h3H,2,4H2,1H3. The number of hydrogen-bond acceptors (Lipinski definition) is 3. The molecule has 0 aliphatic rings. The van der Waals surface area contributed by atoms with Crippen LogP contribution in [0.2, 0.25) is 0 Å². The van der Waals surface area contributed by atoms with Gasteiger partial charge in [-0.25, -0.2) is 4.68 Å². The van der Waals surface area contributed by atoms with Crippen molar-refractivity contribution in [1.29, 1.82) is 0 Å². The third kappa shape index (κ3) is 3.69. The first-order valence-electron chi connectivity index (χ1n) is 4.91. The van der Waals surface area contributed by atoms with E-state index in [-0.39, 0.29) is 17.4 Å². The predicted octanol–water partition coefficient (Wildman–Crippen LogP) is 2.64. The van der Waals surface area contributed by atoms with E-state index in [1.165, 1.54) is 6.92 Å². The third-order valence-electron chi connectivity index (χ3n) is 1.98. The van der Waals surface area contributed by atoms with E-state index >= 15 is 0 Å². The molecule has 0 spiro atoms. The molecule has 0 bridgehead atoms. The Labute approximate surface area is 102 Å². The van der Waals surface area contributed by atoms with Gasteiger partial charge in [-0.2, -0.15) is 31.4 Å². The Morgan fingerprint density at radius 2 is 1.89 bits per heavy atom. The lowest BCUT2D eigenvalue weighted by Gasteiger charge is -2.08. The molecule has 108 valence electrons. The highest BCUT2D eigenvalue weighted by atomic mass is 19.4. The van der Waals surface area contributed by atoms with Crippen molar-refractivity contribution in [3.05, 3.63) is 17.5 Å². The molecule has 1 rings (SSSR count). The first-order chi connectivity index (χ1) is 8.57. The van der Waals surface area contributed by atoms with Crippen molar-refractivity contribution < 1.29 is 35.9 Å². The number of nitrogens with zero attached hydrogens (tertiary/aromatic N) is 2. The molecule has 4 nitrogen and oxygen atoms in total. The van der Waals surface area contributed by atoms with Gasteiger partial charge in [-0.15, -0.1) is 0 Å². The van der Waals surface area contributed by atoms with Crippen molar-refractivity contribution in [2.75, 3.05) is 6.61 Å². The molecule has 19 heavy (non-hydrogen) atoms. The summed E-state index contributed by atoms with van der Waals surface area (Å²) >= 11 is 0. The number of ether oxygens (including phenoxy) is 1. The molecule has 0 unspecified atom stereocenters. The minimum atomic E-state index is -5.28. The summed E-state index contributed by atoms with van der Waals surface area (Å²) in [5.74, 6) is -2.41. The normalized spacial score (nSPS) is 12.8. The number of hydrogen-bond donors (Lipinski definition) is 0. The highest BCUT2D eigenvalue weighted by Gasteiger charge is 2.44. The van der Waals surface area contributed by atoms with Crippen LogP contribution >= 0.6 is 0 Å². The molecule has 0 saturated carbocycles. The Balaban J connectivity index is 3.20. The van der Waals surface area contributed by atoms with Crippen LogP contribution in [-0.2, 0) is 17.6 Å². The maximum absolute atomic E-state index is 12.4. The fraction of sp³-hybridized carbons (Fsp3) is 0.556. The van der Waals surface area contributed by atoms with Crippen LogP contribution < -0.4 is 0 Å². The Morgan fingerprint density at radius 3 is 2.32 bits per heavy atom. The molecular weight excluding hydrogens is 282 g/mol. The summed E-state index contributed by atoms with van der Waals surface area (Å²) in [6.45, 7) is 0.851. The maximum atomic E-state index is 12.4. The van der Waals surface area contributed by atoms with Crippen molar-refractivity contribution in [2.24, 2.45) is 0 Å². The van der Waals surface area contributed by atoms with Gasteiger partial charge in [0.05, 0.1) is 0 Å². The van der Waals surface area contributed by atoms with Crippen LogP contribution in [0.25, 0.3) is 0 Å². The molecular formula is C9H8F6N2O2. The number of alkyl halides is 6. The molecule has 0 N–H and O–H groups in total. The zero-order chi connectivity index (χ0) is 14.8. The first kappa shape index (κ1) is 15.5. The summed E-state index contributed by atoms with van der Waals surface area (Å²) in [4.78, 5) is 11.0. The molecule has 0 saturated heterocycles. The monoisotopic (exact) mass is 290 g/mol. The Hall–Kier alpha value is -1.58. The van der Waals surface area contributed by atoms with Crippen LogP contribution in [0.4, 0.5) is 26.3 Å². The van der Waals surface area contributed by atoms with Gasteiger partial charge in [0.1, 0.15) is 12.4 Å². The fourth-order valence-electron chi connectivity index (χ4n) is 1.16. The number of ketones is 1. The number of halogens is 6. The van der Waals surface area contributed by atoms with Crippen LogP contribution in [-0.4, -0.2) is 28.3 Å². The second-order valence-electron chi connectivity index (χ2n) is 3.36. The SMILES string of the molecule is CCOCn1nc(C(F)(F)F)cc1C(=O)C(F)(F)F. The molecule has 10 heteroatoms. The van der Waals surface area contributed by atoms with Crippen molar-refractivity contribution in [1.82, 2.24) is 9.78 Å². The molecule has 1 aromatic heterocycles. The van der Waals surface area contributed by atoms with Gasteiger partial charge in [0.2, 0.25) is 0 Å². The first-order valence-corrected chi connectivity index (χ1v) is 4.91. The van der Waals surface area contributed by atoms with Crippen molar-refractivity contribution in [2.45, 2.75) is 26.0 Å². The molecule has 0 aromatic carbocycles. The summed E-state index contributed by atoms with van der Waals surface area (Å²) in [6.07, 6.45) is -10.2. The van der Waals surface area contributed by atoms with Gasteiger partial charge in [0.25, 0.3) is 5.78 Å². The highest BCUT2D eigenvalue weighted by Crippen LogP contribution is 2.30. The molecule has 1 aromatic rings. The summed E-state index contributed by atoms with van der Waals surface area (Å²) in [7, 11) is 0. The Bertz CT molecular complexity index is 462. The summed E-state index contributed by atoms with van der Waals surface area (Å²) in [5.41, 5.74) is -2.80. The summed E-state index contributed by atoms with van der Waals surface area (Å²) in [6, 6.07) is 0.0504. The van der Waals surface area contributed by atoms with Crippen LogP contribution in [0.5, 0.6) is 0 Å². The largest absolute Gasteiger partial charge is 0.456 e. The zero-order valence-corrected chi connectivity index (χ0v) is 9.47. The maximum Gasteiger partial charge on any atom is 0.456 e. The van der Waals surface area contributed by atoms with Crippen molar-refractivity contribution in [3.8, 4) is 0 Å². The smallest absolute Gasteiger partial charge is 0.360 e. The van der Waals surface area contributed by atoms with Crippen LogP contribution in [0.15, 0.2) is 6.07 Å². The molecule has 0 aliphatic carbocycles. The number of rotatable bonds is 4. The molecule has 0 atom stereocenters. The lowest BCUT2D eigenvalue weighted by atomic mass is 10.2. The van der Waals surface area contributed by atoms with Gasteiger partial charge in [-0.3, -0.25) is 4.79 Å². The zero-order valence-electron chi connectivity index (χ0n) is 9.47. The molecule has 0 radical (unpaired) electrons. The fourth-order valence-corrected chi connectivity index (χ4v) is 1.16. The van der Waals surface area contributed by atoms with E-state index in [4.69, 9.17) is 0 Å². The summed E-state index contributed by atoms with van der Waals surface area (Å²) < 4.78 is 78.7. The van der Waals surface area contributed by atoms with E-state index < -0.39 is 36.3 Å². The Kier molecular flexibility index (Phi) is 4.23. The summed E-state index contributed by atoms with van der Waals surface area (Å²) in [5, 5.41) is 2.90. The van der Waals surface area contributed by atoms with Gasteiger partial charge in [0, 0.05) is 12.7 Å². The lowest BCUT2D eigenvalue weighted by Crippen LogP contribution is -2.26. The average molecular weight is 290 g/mol. The van der Waals surface area contributed by atoms with Gasteiger partial charge < -0.3 is 4.74 Å². The number of aromatic nitrogens is 2. The van der Waals surface area contributed by atoms with Gasteiger partial charge in [0.15, 0.2) is 5.69 Å². The van der Waals surface area contributed by atoms with E-state index in [0.717, 1.165) is 0 Å². The molecule has 0 amide bonds. The molecule has 0 aliphatic heterocycles. The van der Waals surface area contributed by atoms with Crippen LogP contribution in [0, 0.1) is 0 Å². The van der Waals surface area contributed by atoms with Crippen LogP contribution in [0.3, 0.4) is 0 Å². The molecule has 1 heterocycles. The quantitative estimate of drug-likeness (QED) is 0.632. The Morgan fingerprint density at radius 1 is 1.32 bits per heavy atom. The average Bonchev–Trinajstić information content (AvgIpc) is 2.67. The van der Waals surface area contributed by atoms with Gasteiger partial charge >= 0.3 is 12.4 Å². The van der Waals surface area contributed by atoms with Gasteiger partial charge in [-0.05, 0) is 6.92 Å². The minimum absolute atomic E-state index is 0.0425. The predicted molar refractivity (Wildman–Crippen MR) is 49.2 cm³/mol. The molecule has 0 fully saturated rings. The van der Waals surface area contributed by atoms with Gasteiger partial charge in [-0.1, -0.05) is 0 Å². The van der Waals surface area contributed by atoms with Crippen molar-refractivity contribution >= 4 is 5.78 Å². The second kappa shape index (κ2) is 5.19. The van der Waals surface area contributed by atoms with Crippen LogP contribution in [0.1, 0.15) is 23.1 Å². The topological polar surface area (TPSA) is 44.1 Å². The number of Topliss-reactive ketones (excluding diaryl/α,β-unsaturated/α-hetero) is 1. The third-order valence-corrected chi connectivity index (χ3v) is 1.98. The highest BCUT2D eigenvalue weighted by molar-refractivity contribution is 5.98. The van der Waals surface area contributed by atoms with E-state index in [0.29, 0.717) is 0 Å². The van der Waals surface area contributed by atoms with E-state index in [9.17, 15) is 31.1 Å². The number of carbonyl (C=O) groups is 1. The van der Waals surface area contributed by atoms with Crippen molar-refractivity contribution in [3.63, 3.8) is 0 Å².